The highest BCUT2D eigenvalue weighted by atomic mass is 32.2. The summed E-state index contributed by atoms with van der Waals surface area (Å²) in [5.41, 5.74) is 7.81. The molecule has 0 bridgehead atoms. The summed E-state index contributed by atoms with van der Waals surface area (Å²) in [6.07, 6.45) is 0. The molecule has 0 saturated heterocycles. The molecule has 0 saturated carbocycles. The van der Waals surface area contributed by atoms with Crippen molar-refractivity contribution in [2.45, 2.75) is 25.3 Å². The number of hydrogen-bond acceptors (Lipinski definition) is 4. The zero-order chi connectivity index (χ0) is 14.0. The Kier molecular flexibility index (Phi) is 3.93. The molecule has 4 nitrogen and oxygen atoms in total. The number of rotatable bonds is 4. The first kappa shape index (κ1) is 14.0. The molecule has 1 heterocycles. The largest absolute Gasteiger partial charge is 0.326 e. The van der Waals surface area contributed by atoms with E-state index < -0.39 is 10.0 Å². The molecule has 0 aliphatic heterocycles. The van der Waals surface area contributed by atoms with Gasteiger partial charge in [-0.15, -0.1) is 11.3 Å². The monoisotopic (exact) mass is 296 g/mol. The molecule has 6 heteroatoms. The molecule has 1 aromatic carbocycles. The van der Waals surface area contributed by atoms with E-state index in [-0.39, 0.29) is 6.54 Å². The van der Waals surface area contributed by atoms with Gasteiger partial charge in [-0.05, 0) is 36.4 Å². The van der Waals surface area contributed by atoms with E-state index in [4.69, 9.17) is 5.73 Å². The minimum absolute atomic E-state index is 0.225. The fourth-order valence-corrected chi connectivity index (χ4v) is 4.71. The van der Waals surface area contributed by atoms with Crippen molar-refractivity contribution in [3.8, 4) is 0 Å². The third-order valence-electron chi connectivity index (χ3n) is 2.83. The first-order chi connectivity index (χ1) is 8.95. The van der Waals surface area contributed by atoms with Gasteiger partial charge < -0.3 is 5.73 Å². The Hall–Kier alpha value is -1.37. The lowest BCUT2D eigenvalue weighted by atomic mass is 10.2. The average molecular weight is 296 g/mol. The van der Waals surface area contributed by atoms with Gasteiger partial charge in [-0.2, -0.15) is 0 Å². The molecule has 0 fully saturated rings. The summed E-state index contributed by atoms with van der Waals surface area (Å²) in [5, 5.41) is 1.81. The molecule has 0 aliphatic carbocycles. The van der Waals surface area contributed by atoms with Crippen molar-refractivity contribution >= 4 is 27.0 Å². The van der Waals surface area contributed by atoms with E-state index in [9.17, 15) is 8.42 Å². The van der Waals surface area contributed by atoms with E-state index in [1.165, 1.54) is 11.3 Å². The maximum absolute atomic E-state index is 12.5. The van der Waals surface area contributed by atoms with Gasteiger partial charge in [0.25, 0.3) is 10.0 Å². The lowest BCUT2D eigenvalue weighted by Gasteiger charge is -2.11. The molecule has 1 aromatic heterocycles. The van der Waals surface area contributed by atoms with Crippen molar-refractivity contribution in [2.24, 2.45) is 5.73 Å². The van der Waals surface area contributed by atoms with Crippen LogP contribution in [0.25, 0.3) is 0 Å². The van der Waals surface area contributed by atoms with Crippen molar-refractivity contribution in [3.05, 3.63) is 45.6 Å². The highest BCUT2D eigenvalue weighted by Crippen LogP contribution is 2.28. The Balaban J connectivity index is 2.44. The lowest BCUT2D eigenvalue weighted by Crippen LogP contribution is -2.16. The molecule has 0 aliphatic rings. The quantitative estimate of drug-likeness (QED) is 0.911. The number of aryl methyl sites for hydroxylation is 2. The van der Waals surface area contributed by atoms with Crippen molar-refractivity contribution in [1.29, 1.82) is 0 Å². The van der Waals surface area contributed by atoms with Crippen molar-refractivity contribution in [2.75, 3.05) is 4.72 Å². The SMILES string of the molecule is Cc1ccccc1NS(=O)(=O)c1c(C)csc1CN. The van der Waals surface area contributed by atoms with Crippen LogP contribution in [-0.4, -0.2) is 8.42 Å². The van der Waals surface area contributed by atoms with E-state index in [0.29, 0.717) is 15.5 Å². The number of hydrogen-bond donors (Lipinski definition) is 2. The number of para-hydroxylation sites is 1. The van der Waals surface area contributed by atoms with E-state index in [1.807, 2.05) is 24.4 Å². The topological polar surface area (TPSA) is 72.2 Å². The first-order valence-electron chi connectivity index (χ1n) is 5.81. The Morgan fingerprint density at radius 1 is 1.21 bits per heavy atom. The Labute approximate surface area is 117 Å². The minimum atomic E-state index is -3.59. The van der Waals surface area contributed by atoms with Gasteiger partial charge in [-0.25, -0.2) is 8.42 Å². The van der Waals surface area contributed by atoms with Crippen LogP contribution in [0.4, 0.5) is 5.69 Å². The van der Waals surface area contributed by atoms with Gasteiger partial charge in [-0.3, -0.25) is 4.72 Å². The highest BCUT2D eigenvalue weighted by molar-refractivity contribution is 7.93. The molecular weight excluding hydrogens is 280 g/mol. The van der Waals surface area contributed by atoms with E-state index in [1.54, 1.807) is 19.1 Å². The summed E-state index contributed by atoms with van der Waals surface area (Å²) in [5.74, 6) is 0. The first-order valence-corrected chi connectivity index (χ1v) is 8.17. The van der Waals surface area contributed by atoms with Gasteiger partial charge in [0.2, 0.25) is 0 Å². The van der Waals surface area contributed by atoms with Gasteiger partial charge in [0.05, 0.1) is 5.69 Å². The molecule has 0 atom stereocenters. The summed E-state index contributed by atoms with van der Waals surface area (Å²) in [7, 11) is -3.59. The molecule has 2 rings (SSSR count). The van der Waals surface area contributed by atoms with Crippen LogP contribution in [0, 0.1) is 13.8 Å². The van der Waals surface area contributed by atoms with Crippen LogP contribution in [0.15, 0.2) is 34.5 Å². The second kappa shape index (κ2) is 5.32. The molecule has 2 aromatic rings. The van der Waals surface area contributed by atoms with Crippen LogP contribution >= 0.6 is 11.3 Å². The second-order valence-corrected chi connectivity index (χ2v) is 6.88. The number of anilines is 1. The Morgan fingerprint density at radius 2 is 1.89 bits per heavy atom. The fourth-order valence-electron chi connectivity index (χ4n) is 1.87. The van der Waals surface area contributed by atoms with Crippen molar-refractivity contribution in [1.82, 2.24) is 0 Å². The second-order valence-electron chi connectivity index (χ2n) is 4.30. The summed E-state index contributed by atoms with van der Waals surface area (Å²) < 4.78 is 27.5. The molecule has 0 spiro atoms. The minimum Gasteiger partial charge on any atom is -0.326 e. The van der Waals surface area contributed by atoms with Gasteiger partial charge in [0.15, 0.2) is 0 Å². The van der Waals surface area contributed by atoms with Crippen LogP contribution in [-0.2, 0) is 16.6 Å². The summed E-state index contributed by atoms with van der Waals surface area (Å²) >= 11 is 1.37. The third-order valence-corrected chi connectivity index (χ3v) is 5.68. The summed E-state index contributed by atoms with van der Waals surface area (Å²) in [4.78, 5) is 0.988. The Bertz CT molecular complexity index is 690. The van der Waals surface area contributed by atoms with Crippen LogP contribution in [0.2, 0.25) is 0 Å². The van der Waals surface area contributed by atoms with Gasteiger partial charge in [0.1, 0.15) is 4.90 Å². The van der Waals surface area contributed by atoms with Gasteiger partial charge in [0, 0.05) is 11.4 Å². The van der Waals surface area contributed by atoms with Gasteiger partial charge in [-0.1, -0.05) is 18.2 Å². The van der Waals surface area contributed by atoms with Crippen LogP contribution in [0.1, 0.15) is 16.0 Å². The smallest absolute Gasteiger partial charge is 0.263 e. The Morgan fingerprint density at radius 3 is 2.53 bits per heavy atom. The van der Waals surface area contributed by atoms with E-state index in [0.717, 1.165) is 11.1 Å². The molecular formula is C13H16N2O2S2. The molecule has 0 unspecified atom stereocenters. The predicted octanol–water partition coefficient (Wildman–Crippen LogP) is 2.62. The predicted molar refractivity (Wildman–Crippen MR) is 78.9 cm³/mol. The fraction of sp³-hybridized carbons (Fsp3) is 0.231. The molecule has 3 N–H and O–H groups in total. The average Bonchev–Trinajstić information content (AvgIpc) is 2.74. The van der Waals surface area contributed by atoms with Crippen molar-refractivity contribution in [3.63, 3.8) is 0 Å². The number of nitrogens with one attached hydrogen (secondary N) is 1. The highest BCUT2D eigenvalue weighted by Gasteiger charge is 2.22. The molecule has 19 heavy (non-hydrogen) atoms. The normalized spacial score (nSPS) is 11.5. The van der Waals surface area contributed by atoms with Gasteiger partial charge >= 0.3 is 0 Å². The number of benzene rings is 1. The maximum atomic E-state index is 12.5. The lowest BCUT2D eigenvalue weighted by molar-refractivity contribution is 0.600. The third kappa shape index (κ3) is 2.80. The molecule has 0 radical (unpaired) electrons. The zero-order valence-electron chi connectivity index (χ0n) is 10.8. The molecule has 102 valence electrons. The van der Waals surface area contributed by atoms with Crippen LogP contribution in [0.3, 0.4) is 0 Å². The van der Waals surface area contributed by atoms with Crippen molar-refractivity contribution < 1.29 is 8.42 Å². The summed E-state index contributed by atoms with van der Waals surface area (Å²) in [6, 6.07) is 7.28. The number of thiophene rings is 1. The maximum Gasteiger partial charge on any atom is 0.263 e. The van der Waals surface area contributed by atoms with E-state index >= 15 is 0 Å². The number of sulfonamides is 1. The number of nitrogens with two attached hydrogens (primary N) is 1. The van der Waals surface area contributed by atoms with Crippen LogP contribution < -0.4 is 10.5 Å². The van der Waals surface area contributed by atoms with E-state index in [2.05, 4.69) is 4.72 Å². The standard InChI is InChI=1S/C13H16N2O2S2/c1-9-5-3-4-6-11(9)15-19(16,17)13-10(2)8-18-12(13)7-14/h3-6,8,15H,7,14H2,1-2H3. The molecule has 0 amide bonds. The summed E-state index contributed by atoms with van der Waals surface area (Å²) in [6.45, 7) is 3.87. The zero-order valence-corrected chi connectivity index (χ0v) is 12.4. The van der Waals surface area contributed by atoms with Crippen LogP contribution in [0.5, 0.6) is 0 Å².